The first-order valence-corrected chi connectivity index (χ1v) is 10.8. The summed E-state index contributed by atoms with van der Waals surface area (Å²) in [6.07, 6.45) is 4.83. The predicted octanol–water partition coefficient (Wildman–Crippen LogP) is 3.07. The number of hydrogen-bond acceptors (Lipinski definition) is 4. The fraction of sp³-hybridized carbons (Fsp3) is 0.636. The van der Waals surface area contributed by atoms with Crippen molar-refractivity contribution < 1.29 is 14.3 Å². The Hall–Kier alpha value is -2.12. The van der Waals surface area contributed by atoms with Gasteiger partial charge in [-0.1, -0.05) is 19.1 Å². The molecule has 7 nitrogen and oxygen atoms in total. The van der Waals surface area contributed by atoms with Crippen LogP contribution in [0.3, 0.4) is 0 Å². The van der Waals surface area contributed by atoms with Gasteiger partial charge in [0, 0.05) is 38.4 Å². The Bertz CT molecular complexity index is 630. The van der Waals surface area contributed by atoms with E-state index in [9.17, 15) is 4.79 Å². The molecule has 29 heavy (non-hydrogen) atoms. The van der Waals surface area contributed by atoms with Crippen LogP contribution in [0.4, 0.5) is 5.69 Å². The van der Waals surface area contributed by atoms with E-state index < -0.39 is 0 Å². The minimum absolute atomic E-state index is 0.0462. The number of ether oxygens (including phenoxy) is 2. The van der Waals surface area contributed by atoms with Gasteiger partial charge in [0.1, 0.15) is 0 Å². The number of amides is 1. The van der Waals surface area contributed by atoms with Gasteiger partial charge in [-0.2, -0.15) is 0 Å². The van der Waals surface area contributed by atoms with Gasteiger partial charge in [-0.05, 0) is 50.3 Å². The summed E-state index contributed by atoms with van der Waals surface area (Å²) in [5, 5.41) is 9.53. The van der Waals surface area contributed by atoms with Crippen LogP contribution in [0.2, 0.25) is 0 Å². The van der Waals surface area contributed by atoms with Crippen molar-refractivity contribution in [2.24, 2.45) is 4.99 Å². The maximum Gasteiger partial charge on any atom is 0.224 e. The van der Waals surface area contributed by atoms with Crippen LogP contribution in [0.1, 0.15) is 51.5 Å². The molecule has 0 aliphatic carbocycles. The number of benzene rings is 1. The molecule has 3 N–H and O–H groups in total. The molecule has 162 valence electrons. The summed E-state index contributed by atoms with van der Waals surface area (Å²) >= 11 is 0. The third-order valence-corrected chi connectivity index (χ3v) is 4.54. The Morgan fingerprint density at radius 1 is 1.31 bits per heavy atom. The van der Waals surface area contributed by atoms with Gasteiger partial charge < -0.3 is 25.4 Å². The second-order valence-corrected chi connectivity index (χ2v) is 7.18. The molecule has 1 aromatic carbocycles. The molecule has 1 aliphatic rings. The van der Waals surface area contributed by atoms with Gasteiger partial charge in [0.15, 0.2) is 5.96 Å². The highest BCUT2D eigenvalue weighted by Gasteiger charge is 2.14. The summed E-state index contributed by atoms with van der Waals surface area (Å²) < 4.78 is 11.2. The molecule has 1 aromatic rings. The Morgan fingerprint density at radius 3 is 2.97 bits per heavy atom. The van der Waals surface area contributed by atoms with Crippen LogP contribution in [0.5, 0.6) is 0 Å². The molecule has 0 spiro atoms. The van der Waals surface area contributed by atoms with Crippen molar-refractivity contribution in [3.05, 3.63) is 29.8 Å². The van der Waals surface area contributed by atoms with Crippen LogP contribution >= 0.6 is 0 Å². The van der Waals surface area contributed by atoms with Gasteiger partial charge in [0.2, 0.25) is 5.91 Å². The first-order valence-electron chi connectivity index (χ1n) is 10.8. The maximum absolute atomic E-state index is 11.8. The van der Waals surface area contributed by atoms with Gasteiger partial charge >= 0.3 is 0 Å². The largest absolute Gasteiger partial charge is 0.379 e. The van der Waals surface area contributed by atoms with Crippen molar-refractivity contribution >= 4 is 17.6 Å². The summed E-state index contributed by atoms with van der Waals surface area (Å²) in [6.45, 7) is 8.46. The van der Waals surface area contributed by atoms with Crippen molar-refractivity contribution in [2.75, 3.05) is 38.2 Å². The van der Waals surface area contributed by atoms with Crippen molar-refractivity contribution in [3.63, 3.8) is 0 Å². The van der Waals surface area contributed by atoms with E-state index >= 15 is 0 Å². The molecule has 0 bridgehead atoms. The monoisotopic (exact) mass is 404 g/mol. The van der Waals surface area contributed by atoms with E-state index in [2.05, 4.69) is 20.9 Å². The van der Waals surface area contributed by atoms with E-state index in [1.54, 1.807) is 0 Å². The van der Waals surface area contributed by atoms with E-state index in [-0.39, 0.29) is 12.0 Å². The van der Waals surface area contributed by atoms with Crippen LogP contribution in [0.15, 0.2) is 29.3 Å². The second kappa shape index (κ2) is 14.0. The van der Waals surface area contributed by atoms with Gasteiger partial charge in [0.05, 0.1) is 19.3 Å². The van der Waals surface area contributed by atoms with Crippen LogP contribution in [0, 0.1) is 0 Å². The quantitative estimate of drug-likeness (QED) is 0.283. The predicted molar refractivity (Wildman–Crippen MR) is 117 cm³/mol. The minimum atomic E-state index is 0.0462. The smallest absolute Gasteiger partial charge is 0.224 e. The lowest BCUT2D eigenvalue weighted by molar-refractivity contribution is -0.116. The number of aliphatic imine (C=N–C) groups is 1. The number of anilines is 1. The van der Waals surface area contributed by atoms with Crippen molar-refractivity contribution in [2.45, 2.75) is 58.6 Å². The molecule has 1 unspecified atom stereocenters. The molecular weight excluding hydrogens is 368 g/mol. The van der Waals surface area contributed by atoms with Crippen LogP contribution < -0.4 is 16.0 Å². The second-order valence-electron chi connectivity index (χ2n) is 7.18. The molecular formula is C22H36N4O3. The van der Waals surface area contributed by atoms with Crippen molar-refractivity contribution in [1.82, 2.24) is 10.6 Å². The number of carbonyl (C=O) groups excluding carboxylic acids is 1. The van der Waals surface area contributed by atoms with Gasteiger partial charge in [-0.15, -0.1) is 0 Å². The molecule has 1 amide bonds. The highest BCUT2D eigenvalue weighted by atomic mass is 16.5. The number of nitrogens with one attached hydrogen (secondary N) is 3. The zero-order chi connectivity index (χ0) is 20.7. The lowest BCUT2D eigenvalue weighted by Crippen LogP contribution is -2.38. The molecule has 0 saturated carbocycles. The molecule has 7 heteroatoms. The zero-order valence-electron chi connectivity index (χ0n) is 17.8. The summed E-state index contributed by atoms with van der Waals surface area (Å²) in [5.41, 5.74) is 1.87. The number of guanidine groups is 1. The average molecular weight is 405 g/mol. The standard InChI is InChI=1S/C22H36N4O3/c1-3-8-21(27)26-19-10-5-9-18(15-19)16-25-22(23-4-2)24-12-7-13-28-17-20-11-6-14-29-20/h5,9-10,15,20H,3-4,6-8,11-14,16-17H2,1-2H3,(H,26,27)(H2,23,24,25). The Morgan fingerprint density at radius 2 is 2.21 bits per heavy atom. The molecule has 1 aliphatic heterocycles. The third kappa shape index (κ3) is 9.76. The molecule has 1 saturated heterocycles. The first-order chi connectivity index (χ1) is 14.2. The van der Waals surface area contributed by atoms with E-state index in [0.29, 0.717) is 26.2 Å². The average Bonchev–Trinajstić information content (AvgIpc) is 3.22. The zero-order valence-corrected chi connectivity index (χ0v) is 17.8. The van der Waals surface area contributed by atoms with Gasteiger partial charge in [-0.25, -0.2) is 4.99 Å². The Kier molecular flexibility index (Phi) is 11.1. The summed E-state index contributed by atoms with van der Waals surface area (Å²) in [4.78, 5) is 16.4. The normalized spacial score (nSPS) is 16.6. The summed E-state index contributed by atoms with van der Waals surface area (Å²) in [6, 6.07) is 7.83. The SMILES string of the molecule is CCCC(=O)Nc1cccc(CN=C(NCC)NCCCOCC2CCCO2)c1. The molecule has 1 fully saturated rings. The van der Waals surface area contributed by atoms with E-state index in [1.165, 1.54) is 0 Å². The maximum atomic E-state index is 11.8. The van der Waals surface area contributed by atoms with E-state index in [0.717, 1.165) is 62.6 Å². The number of carbonyl (C=O) groups is 1. The topological polar surface area (TPSA) is 84.0 Å². The third-order valence-electron chi connectivity index (χ3n) is 4.54. The van der Waals surface area contributed by atoms with Crippen LogP contribution in [0.25, 0.3) is 0 Å². The highest BCUT2D eigenvalue weighted by molar-refractivity contribution is 5.90. The molecule has 1 heterocycles. The number of nitrogens with zero attached hydrogens (tertiary/aromatic N) is 1. The van der Waals surface area contributed by atoms with Crippen LogP contribution in [-0.4, -0.2) is 50.9 Å². The number of rotatable bonds is 12. The molecule has 0 aromatic heterocycles. The van der Waals surface area contributed by atoms with E-state index in [4.69, 9.17) is 9.47 Å². The Balaban J connectivity index is 1.72. The van der Waals surface area contributed by atoms with Crippen LogP contribution in [-0.2, 0) is 20.8 Å². The molecule has 1 atom stereocenters. The molecule has 2 rings (SSSR count). The van der Waals surface area contributed by atoms with Gasteiger partial charge in [0.25, 0.3) is 0 Å². The lowest BCUT2D eigenvalue weighted by Gasteiger charge is -2.13. The first kappa shape index (κ1) is 23.2. The van der Waals surface area contributed by atoms with Crippen molar-refractivity contribution in [3.8, 4) is 0 Å². The molecule has 0 radical (unpaired) electrons. The number of hydrogen-bond donors (Lipinski definition) is 3. The van der Waals surface area contributed by atoms with Crippen molar-refractivity contribution in [1.29, 1.82) is 0 Å². The summed E-state index contributed by atoms with van der Waals surface area (Å²) in [7, 11) is 0. The van der Waals surface area contributed by atoms with E-state index in [1.807, 2.05) is 38.1 Å². The van der Waals surface area contributed by atoms with Gasteiger partial charge in [-0.3, -0.25) is 4.79 Å². The fourth-order valence-corrected chi connectivity index (χ4v) is 3.08. The summed E-state index contributed by atoms with van der Waals surface area (Å²) in [5.74, 6) is 0.830. The fourth-order valence-electron chi connectivity index (χ4n) is 3.08. The Labute approximate surface area is 174 Å². The minimum Gasteiger partial charge on any atom is -0.379 e. The highest BCUT2D eigenvalue weighted by Crippen LogP contribution is 2.13. The lowest BCUT2D eigenvalue weighted by atomic mass is 10.2.